The van der Waals surface area contributed by atoms with Gasteiger partial charge in [0, 0.05) is 5.39 Å². The maximum atomic E-state index is 13.3. The molecule has 8 heteroatoms. The summed E-state index contributed by atoms with van der Waals surface area (Å²) in [5.74, 6) is 0.0745. The van der Waals surface area contributed by atoms with Gasteiger partial charge in [0.2, 0.25) is 5.82 Å². The van der Waals surface area contributed by atoms with E-state index in [9.17, 15) is 9.59 Å². The normalized spacial score (nSPS) is 12.4. The van der Waals surface area contributed by atoms with E-state index in [-0.39, 0.29) is 11.4 Å². The molecular formula is C26H19N3O5. The molecule has 2 aromatic heterocycles. The molecule has 168 valence electrons. The zero-order chi connectivity index (χ0) is 23.7. The summed E-state index contributed by atoms with van der Waals surface area (Å²) in [6.07, 6.45) is 0.558. The predicted octanol–water partition coefficient (Wildman–Crippen LogP) is 4.54. The molecule has 0 aliphatic heterocycles. The van der Waals surface area contributed by atoms with Crippen LogP contribution >= 0.6 is 0 Å². The molecule has 0 spiro atoms. The van der Waals surface area contributed by atoms with Crippen molar-refractivity contribution in [1.82, 2.24) is 9.66 Å². The van der Waals surface area contributed by atoms with Gasteiger partial charge in [0.1, 0.15) is 11.3 Å². The Labute approximate surface area is 193 Å². The Bertz CT molecular complexity index is 1570. The zero-order valence-corrected chi connectivity index (χ0v) is 18.1. The van der Waals surface area contributed by atoms with E-state index in [1.165, 1.54) is 17.8 Å². The first-order chi connectivity index (χ1) is 16.5. The van der Waals surface area contributed by atoms with Crippen LogP contribution < -0.4 is 10.3 Å². The number of rotatable bonds is 6. The summed E-state index contributed by atoms with van der Waals surface area (Å²) in [4.78, 5) is 28.9. The van der Waals surface area contributed by atoms with E-state index in [1.54, 1.807) is 42.5 Å². The predicted molar refractivity (Wildman–Crippen MR) is 128 cm³/mol. The van der Waals surface area contributed by atoms with Crippen molar-refractivity contribution in [3.63, 3.8) is 0 Å². The second-order valence-electron chi connectivity index (χ2n) is 7.63. The number of furan rings is 1. The van der Waals surface area contributed by atoms with Crippen LogP contribution in [0, 0.1) is 0 Å². The first-order valence-electron chi connectivity index (χ1n) is 10.5. The minimum atomic E-state index is -1.05. The van der Waals surface area contributed by atoms with Crippen molar-refractivity contribution in [2.24, 2.45) is 5.10 Å². The molecule has 0 radical (unpaired) electrons. The van der Waals surface area contributed by atoms with Gasteiger partial charge in [-0.25, -0.2) is 9.78 Å². The van der Waals surface area contributed by atoms with E-state index in [4.69, 9.17) is 14.3 Å². The molecule has 0 fully saturated rings. The van der Waals surface area contributed by atoms with Gasteiger partial charge in [0.25, 0.3) is 5.56 Å². The lowest BCUT2D eigenvalue weighted by Gasteiger charge is -2.10. The maximum absolute atomic E-state index is 13.3. The molecule has 0 saturated carbocycles. The van der Waals surface area contributed by atoms with E-state index in [1.807, 2.05) is 36.4 Å². The highest BCUT2D eigenvalue weighted by atomic mass is 16.5. The lowest BCUT2D eigenvalue weighted by molar-refractivity contribution is -0.144. The fourth-order valence-corrected chi connectivity index (χ4v) is 3.49. The number of benzene rings is 3. The first kappa shape index (κ1) is 21.1. The Balaban J connectivity index is 1.56. The van der Waals surface area contributed by atoms with Crippen molar-refractivity contribution >= 4 is 34.1 Å². The Kier molecular flexibility index (Phi) is 5.39. The quantitative estimate of drug-likeness (QED) is 0.378. The monoisotopic (exact) mass is 453 g/mol. The van der Waals surface area contributed by atoms with Gasteiger partial charge < -0.3 is 14.3 Å². The number of carbonyl (C=O) groups is 1. The van der Waals surface area contributed by atoms with Gasteiger partial charge in [-0.05, 0) is 61.0 Å². The molecule has 34 heavy (non-hydrogen) atoms. The van der Waals surface area contributed by atoms with E-state index >= 15 is 0 Å². The number of nitrogens with zero attached hydrogens (tertiary/aromatic N) is 3. The summed E-state index contributed by atoms with van der Waals surface area (Å²) in [7, 11) is 0. The van der Waals surface area contributed by atoms with Crippen molar-refractivity contribution in [3.8, 4) is 17.3 Å². The van der Waals surface area contributed by atoms with Crippen molar-refractivity contribution in [2.45, 2.75) is 13.0 Å². The van der Waals surface area contributed by atoms with Crippen LogP contribution in [0.4, 0.5) is 0 Å². The van der Waals surface area contributed by atoms with Crippen molar-refractivity contribution < 1.29 is 19.1 Å². The Morgan fingerprint density at radius 1 is 1.09 bits per heavy atom. The van der Waals surface area contributed by atoms with Crippen molar-refractivity contribution in [1.29, 1.82) is 0 Å². The zero-order valence-electron chi connectivity index (χ0n) is 18.1. The number of aromatic nitrogens is 2. The highest BCUT2D eigenvalue weighted by molar-refractivity contribution is 5.84. The Morgan fingerprint density at radius 3 is 2.59 bits per heavy atom. The van der Waals surface area contributed by atoms with Crippen LogP contribution in [0.25, 0.3) is 33.5 Å². The molecule has 5 rings (SSSR count). The molecule has 0 amide bonds. The topological polar surface area (TPSA) is 107 Å². The second kappa shape index (κ2) is 8.67. The van der Waals surface area contributed by atoms with Crippen LogP contribution in [-0.2, 0) is 4.79 Å². The fourth-order valence-electron chi connectivity index (χ4n) is 3.49. The molecule has 0 saturated heterocycles. The van der Waals surface area contributed by atoms with Gasteiger partial charge in [0.05, 0.1) is 17.1 Å². The SMILES string of the molecule is C[C@H](Oc1ccc(C=Nn2c(-c3cc4ccccc4o3)nc3ccccc3c2=O)cc1)C(=O)O. The minimum absolute atomic E-state index is 0.284. The third-order valence-corrected chi connectivity index (χ3v) is 5.26. The average molecular weight is 453 g/mol. The molecular weight excluding hydrogens is 434 g/mol. The van der Waals surface area contributed by atoms with Crippen molar-refractivity contribution in [2.75, 3.05) is 0 Å². The van der Waals surface area contributed by atoms with Crippen molar-refractivity contribution in [3.05, 3.63) is 94.8 Å². The van der Waals surface area contributed by atoms with E-state index < -0.39 is 12.1 Å². The third-order valence-electron chi connectivity index (χ3n) is 5.26. The lowest BCUT2D eigenvalue weighted by Crippen LogP contribution is -2.22. The standard InChI is InChI=1S/C26H19N3O5/c1-16(26(31)32)33-19-12-10-17(11-13-19)15-27-29-24(23-14-18-6-2-5-9-22(18)34-23)28-21-8-4-3-7-20(21)25(29)30/h2-16H,1H3,(H,31,32)/t16-/m0/s1. The van der Waals surface area contributed by atoms with Gasteiger partial charge in [-0.2, -0.15) is 9.78 Å². The number of carboxylic acid groups (broad SMARTS) is 1. The Morgan fingerprint density at radius 2 is 1.82 bits per heavy atom. The van der Waals surface area contributed by atoms with Gasteiger partial charge in [-0.1, -0.05) is 30.3 Å². The highest BCUT2D eigenvalue weighted by Crippen LogP contribution is 2.27. The third kappa shape index (κ3) is 4.04. The number of hydrogen-bond donors (Lipinski definition) is 1. The molecule has 0 aliphatic rings. The fraction of sp³-hybridized carbons (Fsp3) is 0.0769. The lowest BCUT2D eigenvalue weighted by atomic mass is 10.2. The highest BCUT2D eigenvalue weighted by Gasteiger charge is 2.16. The molecule has 8 nitrogen and oxygen atoms in total. The molecule has 0 aliphatic carbocycles. The molecule has 1 atom stereocenters. The minimum Gasteiger partial charge on any atom is -0.479 e. The smallest absolute Gasteiger partial charge is 0.344 e. The molecule has 2 heterocycles. The van der Waals surface area contributed by atoms with E-state index in [0.29, 0.717) is 33.6 Å². The van der Waals surface area contributed by atoms with Crippen LogP contribution in [0.1, 0.15) is 12.5 Å². The summed E-state index contributed by atoms with van der Waals surface area (Å²) in [5, 5.41) is 14.7. The maximum Gasteiger partial charge on any atom is 0.344 e. The van der Waals surface area contributed by atoms with Crippen LogP contribution in [0.3, 0.4) is 0 Å². The number of para-hydroxylation sites is 2. The van der Waals surface area contributed by atoms with Gasteiger partial charge >= 0.3 is 5.97 Å². The number of fused-ring (bicyclic) bond motifs is 2. The molecule has 1 N–H and O–H groups in total. The summed E-state index contributed by atoms with van der Waals surface area (Å²) in [5.41, 5.74) is 1.59. The molecule has 0 unspecified atom stereocenters. The summed E-state index contributed by atoms with van der Waals surface area (Å²) >= 11 is 0. The summed E-state index contributed by atoms with van der Waals surface area (Å²) in [6, 6.07) is 23.2. The first-order valence-corrected chi connectivity index (χ1v) is 10.5. The number of ether oxygens (including phenoxy) is 1. The van der Waals surface area contributed by atoms with Gasteiger partial charge in [-0.3, -0.25) is 4.79 Å². The Hall–Kier alpha value is -4.72. The summed E-state index contributed by atoms with van der Waals surface area (Å²) < 4.78 is 12.5. The average Bonchev–Trinajstić information content (AvgIpc) is 3.28. The van der Waals surface area contributed by atoms with Crippen LogP contribution in [0.15, 0.2) is 93.2 Å². The van der Waals surface area contributed by atoms with Gasteiger partial charge in [-0.15, -0.1) is 0 Å². The van der Waals surface area contributed by atoms with Gasteiger partial charge in [0.15, 0.2) is 11.9 Å². The number of aliphatic carboxylic acids is 1. The molecule has 3 aromatic carbocycles. The van der Waals surface area contributed by atoms with E-state index in [0.717, 1.165) is 5.39 Å². The largest absolute Gasteiger partial charge is 0.479 e. The number of carboxylic acids is 1. The summed E-state index contributed by atoms with van der Waals surface area (Å²) in [6.45, 7) is 1.45. The number of hydrogen-bond acceptors (Lipinski definition) is 6. The molecule has 0 bridgehead atoms. The van der Waals surface area contributed by atoms with E-state index in [2.05, 4.69) is 10.1 Å². The second-order valence-corrected chi connectivity index (χ2v) is 7.63. The van der Waals surface area contributed by atoms with Crippen LogP contribution in [0.2, 0.25) is 0 Å². The molecule has 5 aromatic rings. The van der Waals surface area contributed by atoms with Crippen LogP contribution in [0.5, 0.6) is 5.75 Å². The van der Waals surface area contributed by atoms with Crippen LogP contribution in [-0.4, -0.2) is 33.1 Å².